The molecule has 0 spiro atoms. The Kier molecular flexibility index (Phi) is 3.89. The maximum absolute atomic E-state index is 10.6. The quantitative estimate of drug-likeness (QED) is 0.250. The van der Waals surface area contributed by atoms with Crippen LogP contribution in [0.25, 0.3) is 0 Å². The summed E-state index contributed by atoms with van der Waals surface area (Å²) < 4.78 is 0. The molecule has 1 aliphatic heterocycles. The summed E-state index contributed by atoms with van der Waals surface area (Å²) in [7, 11) is 3.31. The van der Waals surface area contributed by atoms with Crippen LogP contribution in [0.3, 0.4) is 0 Å². The standard InChI is InChI=1S/C6H12N4O2.Na.H/c1-5-4-6(7,10(11)12)9(3)8(5)2;;/h4H,7H2,1-3H3;;. The fraction of sp³-hybridized carbons (Fsp3) is 0.667. The molecule has 0 aromatic rings. The Morgan fingerprint density at radius 3 is 2.23 bits per heavy atom. The van der Waals surface area contributed by atoms with Gasteiger partial charge in [-0.05, 0) is 6.92 Å². The average molecular weight is 196 g/mol. The summed E-state index contributed by atoms with van der Waals surface area (Å²) in [5.74, 6) is -1.58. The van der Waals surface area contributed by atoms with Gasteiger partial charge in [0, 0.05) is 25.9 Å². The van der Waals surface area contributed by atoms with E-state index in [9.17, 15) is 10.1 Å². The van der Waals surface area contributed by atoms with Crippen LogP contribution in [0.2, 0.25) is 0 Å². The van der Waals surface area contributed by atoms with E-state index in [-0.39, 0.29) is 29.6 Å². The van der Waals surface area contributed by atoms with E-state index in [0.717, 1.165) is 5.70 Å². The monoisotopic (exact) mass is 196 g/mol. The summed E-state index contributed by atoms with van der Waals surface area (Å²) >= 11 is 0. The number of hydrogen-bond acceptors (Lipinski definition) is 5. The van der Waals surface area contributed by atoms with Crippen molar-refractivity contribution in [3.63, 3.8) is 0 Å². The third kappa shape index (κ3) is 1.87. The van der Waals surface area contributed by atoms with Crippen molar-refractivity contribution in [2.75, 3.05) is 14.1 Å². The first-order valence-corrected chi connectivity index (χ1v) is 3.50. The average Bonchev–Trinajstić information content (AvgIpc) is 2.17. The van der Waals surface area contributed by atoms with Gasteiger partial charge in [-0.15, -0.1) is 5.01 Å². The maximum atomic E-state index is 10.6. The van der Waals surface area contributed by atoms with E-state index in [1.165, 1.54) is 11.1 Å². The van der Waals surface area contributed by atoms with Crippen LogP contribution in [0, 0.1) is 10.1 Å². The minimum absolute atomic E-state index is 0. The molecular weight excluding hydrogens is 183 g/mol. The molecule has 0 fully saturated rings. The SMILES string of the molecule is CC1=CC(N)([N+](=O)[O-])N(C)N1C.[NaH]. The van der Waals surface area contributed by atoms with Crippen LogP contribution in [-0.4, -0.2) is 64.4 Å². The summed E-state index contributed by atoms with van der Waals surface area (Å²) in [5, 5.41) is 13.6. The second-order valence-corrected chi connectivity index (χ2v) is 2.87. The van der Waals surface area contributed by atoms with Gasteiger partial charge in [-0.25, -0.2) is 5.73 Å². The number of rotatable bonds is 1. The van der Waals surface area contributed by atoms with Crippen molar-refractivity contribution in [3.05, 3.63) is 21.9 Å². The molecule has 0 aromatic carbocycles. The molecule has 0 saturated carbocycles. The van der Waals surface area contributed by atoms with Gasteiger partial charge >= 0.3 is 35.3 Å². The minimum atomic E-state index is -1.58. The number of hydrogen-bond donors (Lipinski definition) is 1. The van der Waals surface area contributed by atoms with Gasteiger partial charge in [0.1, 0.15) is 0 Å². The molecule has 6 nitrogen and oxygen atoms in total. The van der Waals surface area contributed by atoms with E-state index in [1.807, 2.05) is 0 Å². The van der Waals surface area contributed by atoms with Crippen molar-refractivity contribution in [2.24, 2.45) is 5.73 Å². The second-order valence-electron chi connectivity index (χ2n) is 2.87. The molecule has 2 N–H and O–H groups in total. The number of nitrogens with two attached hydrogens (primary N) is 1. The third-order valence-electron chi connectivity index (χ3n) is 2.19. The fourth-order valence-corrected chi connectivity index (χ4v) is 1.14. The van der Waals surface area contributed by atoms with Crippen molar-refractivity contribution in [3.8, 4) is 0 Å². The van der Waals surface area contributed by atoms with Gasteiger partial charge in [-0.2, -0.15) is 0 Å². The van der Waals surface area contributed by atoms with Crippen molar-refractivity contribution >= 4 is 29.6 Å². The molecule has 1 atom stereocenters. The molecule has 1 rings (SSSR count). The van der Waals surface area contributed by atoms with Gasteiger partial charge in [-0.3, -0.25) is 10.1 Å². The first-order chi connectivity index (χ1) is 5.39. The van der Waals surface area contributed by atoms with Crippen LogP contribution in [0.5, 0.6) is 0 Å². The normalized spacial score (nSPS) is 28.3. The van der Waals surface area contributed by atoms with E-state index < -0.39 is 10.7 Å². The Morgan fingerprint density at radius 1 is 1.62 bits per heavy atom. The van der Waals surface area contributed by atoms with Gasteiger partial charge in [0.15, 0.2) is 0 Å². The second kappa shape index (κ2) is 3.93. The zero-order valence-corrected chi connectivity index (χ0v) is 7.31. The summed E-state index contributed by atoms with van der Waals surface area (Å²) in [4.78, 5) is 10.1. The molecule has 0 saturated heterocycles. The van der Waals surface area contributed by atoms with E-state index in [0.29, 0.717) is 0 Å². The van der Waals surface area contributed by atoms with Gasteiger partial charge in [0.05, 0.1) is 4.92 Å². The molecule has 1 unspecified atom stereocenters. The van der Waals surface area contributed by atoms with E-state index >= 15 is 0 Å². The van der Waals surface area contributed by atoms with E-state index in [1.54, 1.807) is 26.0 Å². The molecule has 7 heteroatoms. The molecule has 13 heavy (non-hydrogen) atoms. The van der Waals surface area contributed by atoms with Gasteiger partial charge in [0.25, 0.3) is 0 Å². The molecular formula is C6H13N4NaO2. The van der Waals surface area contributed by atoms with Crippen LogP contribution in [-0.2, 0) is 0 Å². The summed E-state index contributed by atoms with van der Waals surface area (Å²) in [5.41, 5.74) is 6.31. The molecule has 0 aromatic heterocycles. The summed E-state index contributed by atoms with van der Waals surface area (Å²) in [6, 6.07) is 0. The number of likely N-dealkylation sites (N-methyl/N-ethyl adjacent to an activating group) is 1. The molecule has 70 valence electrons. The Hall–Kier alpha value is -0.140. The number of allylic oxidation sites excluding steroid dienone is 1. The van der Waals surface area contributed by atoms with Gasteiger partial charge in [0.2, 0.25) is 0 Å². The number of nitro groups is 1. The van der Waals surface area contributed by atoms with Crippen LogP contribution in [0.1, 0.15) is 6.92 Å². The van der Waals surface area contributed by atoms with Gasteiger partial charge in [-0.1, -0.05) is 0 Å². The van der Waals surface area contributed by atoms with E-state index in [2.05, 4.69) is 0 Å². The molecule has 0 aliphatic carbocycles. The first kappa shape index (κ1) is 12.9. The summed E-state index contributed by atoms with van der Waals surface area (Å²) in [6.45, 7) is 1.77. The first-order valence-electron chi connectivity index (χ1n) is 3.50. The molecule has 0 amide bonds. The molecule has 1 heterocycles. The number of nitrogens with zero attached hydrogens (tertiary/aromatic N) is 3. The Labute approximate surface area is 98.8 Å². The Morgan fingerprint density at radius 2 is 2.08 bits per heavy atom. The predicted molar refractivity (Wildman–Crippen MR) is 50.3 cm³/mol. The third-order valence-corrected chi connectivity index (χ3v) is 2.19. The van der Waals surface area contributed by atoms with Crippen molar-refractivity contribution in [2.45, 2.75) is 12.7 Å². The van der Waals surface area contributed by atoms with Crippen LogP contribution in [0.15, 0.2) is 11.8 Å². The predicted octanol–water partition coefficient (Wildman–Crippen LogP) is -1.08. The zero-order chi connectivity index (χ0) is 9.52. The Balaban J connectivity index is 0.00000144. The zero-order valence-electron chi connectivity index (χ0n) is 7.31. The Bertz CT molecular complexity index is 257. The topological polar surface area (TPSA) is 75.6 Å². The molecule has 0 bridgehead atoms. The number of hydrazine groups is 1. The van der Waals surface area contributed by atoms with Crippen molar-refractivity contribution < 1.29 is 4.92 Å². The summed E-state index contributed by atoms with van der Waals surface area (Å²) in [6.07, 6.45) is 1.42. The van der Waals surface area contributed by atoms with E-state index in [4.69, 9.17) is 5.73 Å². The van der Waals surface area contributed by atoms with Gasteiger partial charge < -0.3 is 5.01 Å². The van der Waals surface area contributed by atoms with Crippen LogP contribution < -0.4 is 5.73 Å². The molecule has 1 aliphatic rings. The van der Waals surface area contributed by atoms with Crippen molar-refractivity contribution in [1.29, 1.82) is 0 Å². The van der Waals surface area contributed by atoms with Crippen LogP contribution >= 0.6 is 0 Å². The van der Waals surface area contributed by atoms with Crippen LogP contribution in [0.4, 0.5) is 0 Å². The molecule has 0 radical (unpaired) electrons. The van der Waals surface area contributed by atoms with Crippen molar-refractivity contribution in [1.82, 2.24) is 10.0 Å². The fourth-order valence-electron chi connectivity index (χ4n) is 1.14.